The van der Waals surface area contributed by atoms with Crippen LogP contribution in [-0.2, 0) is 36.3 Å². The van der Waals surface area contributed by atoms with E-state index in [0.29, 0.717) is 0 Å². The second kappa shape index (κ2) is 10.9. The number of halogens is 2. The van der Waals surface area contributed by atoms with Crippen LogP contribution in [0.15, 0.2) is 93.5 Å². The molecule has 1 saturated heterocycles. The molecule has 0 spiro atoms. The normalized spacial score (nSPS) is 22.6. The molecule has 38 heavy (non-hydrogen) atoms. The van der Waals surface area contributed by atoms with Crippen LogP contribution in [0.4, 0.5) is 8.78 Å². The molecular formula is C27H29F2O7S2+. The van der Waals surface area contributed by atoms with Gasteiger partial charge in [0.2, 0.25) is 0 Å². The third-order valence-corrected chi connectivity index (χ3v) is 9.47. The summed E-state index contributed by atoms with van der Waals surface area (Å²) in [6.07, 6.45) is -3.17. The van der Waals surface area contributed by atoms with Crippen molar-refractivity contribution in [3.05, 3.63) is 84.4 Å². The van der Waals surface area contributed by atoms with Gasteiger partial charge in [-0.05, 0) is 81.4 Å². The third kappa shape index (κ3) is 5.88. The summed E-state index contributed by atoms with van der Waals surface area (Å²) in [6.45, 7) is 4.63. The van der Waals surface area contributed by atoms with Crippen molar-refractivity contribution in [1.29, 1.82) is 0 Å². The molecular weight excluding hydrogens is 538 g/mol. The highest BCUT2D eigenvalue weighted by Crippen LogP contribution is 2.38. The van der Waals surface area contributed by atoms with Crippen LogP contribution in [0.25, 0.3) is 0 Å². The lowest BCUT2D eigenvalue weighted by molar-refractivity contribution is -0.171. The molecule has 0 bridgehead atoms. The van der Waals surface area contributed by atoms with Gasteiger partial charge in [0.05, 0.1) is 23.6 Å². The molecule has 0 radical (unpaired) electrons. The minimum atomic E-state index is -5.62. The Kier molecular flexibility index (Phi) is 8.17. The molecule has 7 nitrogen and oxygen atoms in total. The van der Waals surface area contributed by atoms with E-state index in [4.69, 9.17) is 18.8 Å². The lowest BCUT2D eigenvalue weighted by Crippen LogP contribution is -2.42. The predicted octanol–water partition coefficient (Wildman–Crippen LogP) is 5.00. The second-order valence-electron chi connectivity index (χ2n) is 9.07. The summed E-state index contributed by atoms with van der Waals surface area (Å²) < 4.78 is 75.6. The number of aliphatic hydroxyl groups excluding tert-OH is 1. The fraction of sp³-hybridized carbons (Fsp3) is 0.333. The maximum Gasteiger partial charge on any atom is 0.405 e. The minimum Gasteiger partial charge on any atom is -0.483 e. The average molecular weight is 568 g/mol. The van der Waals surface area contributed by atoms with E-state index in [9.17, 15) is 22.3 Å². The summed E-state index contributed by atoms with van der Waals surface area (Å²) in [5.41, 5.74) is 0.804. The molecule has 0 saturated carbocycles. The van der Waals surface area contributed by atoms with E-state index in [1.54, 1.807) is 19.1 Å². The first-order valence-electron chi connectivity index (χ1n) is 11.8. The van der Waals surface area contributed by atoms with Gasteiger partial charge in [0.1, 0.15) is 11.9 Å². The first kappa shape index (κ1) is 28.5. The van der Waals surface area contributed by atoms with Crippen LogP contribution in [0, 0.1) is 0 Å². The van der Waals surface area contributed by atoms with Crippen molar-refractivity contribution >= 4 is 21.0 Å². The lowest BCUT2D eigenvalue weighted by atomic mass is 10.1. The summed E-state index contributed by atoms with van der Waals surface area (Å²) in [5, 5.41) is 5.40. The van der Waals surface area contributed by atoms with Crippen LogP contribution >= 0.6 is 0 Å². The lowest BCUT2D eigenvalue weighted by Gasteiger charge is -2.24. The number of benzene rings is 3. The van der Waals surface area contributed by atoms with Gasteiger partial charge in [-0.3, -0.25) is 4.55 Å². The SMILES string of the molecule is CC(O)C1COC(C)(c2ccc([S+](c3ccccc3)c3ccc(OC(C)C(F)(F)S(=O)(=O)O)cc3)cc2)O1. The van der Waals surface area contributed by atoms with E-state index in [-0.39, 0.29) is 12.4 Å². The summed E-state index contributed by atoms with van der Waals surface area (Å²) in [7, 11) is -6.19. The highest BCUT2D eigenvalue weighted by molar-refractivity contribution is 7.97. The van der Waals surface area contributed by atoms with Crippen molar-refractivity contribution in [2.75, 3.05) is 6.61 Å². The van der Waals surface area contributed by atoms with E-state index >= 15 is 0 Å². The van der Waals surface area contributed by atoms with Crippen LogP contribution in [0.5, 0.6) is 5.75 Å². The highest BCUT2D eigenvalue weighted by Gasteiger charge is 2.51. The van der Waals surface area contributed by atoms with Crippen LogP contribution in [0.3, 0.4) is 0 Å². The Morgan fingerprint density at radius 3 is 2.00 bits per heavy atom. The fourth-order valence-electron chi connectivity index (χ4n) is 3.98. The number of hydrogen-bond donors (Lipinski definition) is 2. The Bertz CT molecular complexity index is 1330. The van der Waals surface area contributed by atoms with Gasteiger partial charge in [-0.25, -0.2) is 0 Å². The monoisotopic (exact) mass is 567 g/mol. The first-order valence-corrected chi connectivity index (χ1v) is 14.5. The van der Waals surface area contributed by atoms with Gasteiger partial charge in [0, 0.05) is 5.56 Å². The number of hydrogen-bond acceptors (Lipinski definition) is 6. The van der Waals surface area contributed by atoms with E-state index in [1.165, 1.54) is 12.1 Å². The molecule has 3 aromatic carbocycles. The Labute approximate surface area is 223 Å². The summed E-state index contributed by atoms with van der Waals surface area (Å²) in [6, 6.07) is 24.0. The molecule has 2 N–H and O–H groups in total. The molecule has 1 fully saturated rings. The summed E-state index contributed by atoms with van der Waals surface area (Å²) >= 11 is 0. The van der Waals surface area contributed by atoms with Crippen molar-refractivity contribution < 1.29 is 41.1 Å². The Balaban J connectivity index is 1.60. The van der Waals surface area contributed by atoms with Gasteiger partial charge in [-0.1, -0.05) is 18.2 Å². The molecule has 1 heterocycles. The smallest absolute Gasteiger partial charge is 0.405 e. The zero-order valence-electron chi connectivity index (χ0n) is 21.0. The van der Waals surface area contributed by atoms with Gasteiger partial charge in [-0.2, -0.15) is 17.2 Å². The van der Waals surface area contributed by atoms with Crippen molar-refractivity contribution in [3.8, 4) is 5.75 Å². The topological polar surface area (TPSA) is 102 Å². The highest BCUT2D eigenvalue weighted by atomic mass is 32.2. The van der Waals surface area contributed by atoms with Gasteiger partial charge >= 0.3 is 15.4 Å². The number of rotatable bonds is 9. The van der Waals surface area contributed by atoms with E-state index < -0.39 is 50.4 Å². The molecule has 204 valence electrons. The van der Waals surface area contributed by atoms with Gasteiger partial charge in [0.15, 0.2) is 26.6 Å². The molecule has 4 rings (SSSR count). The number of ether oxygens (including phenoxy) is 3. The molecule has 0 amide bonds. The molecule has 3 aromatic rings. The molecule has 5 atom stereocenters. The molecule has 11 heteroatoms. The molecule has 5 unspecified atom stereocenters. The summed E-state index contributed by atoms with van der Waals surface area (Å²) in [5.74, 6) is -0.946. The summed E-state index contributed by atoms with van der Waals surface area (Å²) in [4.78, 5) is 2.88. The van der Waals surface area contributed by atoms with E-state index in [2.05, 4.69) is 0 Å². The number of alkyl halides is 2. The van der Waals surface area contributed by atoms with Crippen LogP contribution < -0.4 is 4.74 Å². The zero-order valence-corrected chi connectivity index (χ0v) is 22.6. The standard InChI is InChI=1S/C27H28F2O7S2/c1-18(30)25-17-34-26(3,36-25)20-9-13-23(14-10-20)37(22-7-5-4-6-8-22)24-15-11-21(12-16-24)35-19(2)27(28,29)38(31,32)33/h4-16,18-19,25,30H,17H2,1-3H3/p+1. The van der Waals surface area contributed by atoms with Gasteiger partial charge < -0.3 is 19.3 Å². The maximum atomic E-state index is 13.9. The minimum absolute atomic E-state index is 0.0349. The van der Waals surface area contributed by atoms with Crippen molar-refractivity contribution in [2.24, 2.45) is 0 Å². The quantitative estimate of drug-likeness (QED) is 0.277. The molecule has 0 aromatic heterocycles. The predicted molar refractivity (Wildman–Crippen MR) is 138 cm³/mol. The van der Waals surface area contributed by atoms with Crippen molar-refractivity contribution in [3.63, 3.8) is 0 Å². The van der Waals surface area contributed by atoms with E-state index in [0.717, 1.165) is 27.2 Å². The molecule has 1 aliphatic heterocycles. The average Bonchev–Trinajstić information content (AvgIpc) is 3.29. The zero-order chi connectivity index (χ0) is 27.7. The van der Waals surface area contributed by atoms with E-state index in [1.807, 2.05) is 61.5 Å². The van der Waals surface area contributed by atoms with Gasteiger partial charge in [-0.15, -0.1) is 0 Å². The van der Waals surface area contributed by atoms with Crippen LogP contribution in [0.2, 0.25) is 0 Å². The maximum absolute atomic E-state index is 13.9. The van der Waals surface area contributed by atoms with Crippen molar-refractivity contribution in [1.82, 2.24) is 0 Å². The Hall–Kier alpha value is -2.54. The van der Waals surface area contributed by atoms with Crippen molar-refractivity contribution in [2.45, 2.75) is 64.8 Å². The molecule has 0 aliphatic carbocycles. The largest absolute Gasteiger partial charge is 0.483 e. The third-order valence-electron chi connectivity index (χ3n) is 6.22. The first-order chi connectivity index (χ1) is 17.8. The second-order valence-corrected chi connectivity index (χ2v) is 12.6. The Morgan fingerprint density at radius 1 is 0.974 bits per heavy atom. The van der Waals surface area contributed by atoms with Crippen LogP contribution in [0.1, 0.15) is 26.3 Å². The van der Waals surface area contributed by atoms with Gasteiger partial charge in [0.25, 0.3) is 0 Å². The van der Waals surface area contributed by atoms with Crippen LogP contribution in [-0.4, -0.2) is 48.3 Å². The Morgan fingerprint density at radius 2 is 1.50 bits per heavy atom. The molecule has 1 aliphatic rings. The number of aliphatic hydroxyl groups is 1. The fourth-order valence-corrected chi connectivity index (χ4v) is 6.51.